The van der Waals surface area contributed by atoms with E-state index in [0.717, 1.165) is 151 Å². The van der Waals surface area contributed by atoms with Gasteiger partial charge in [0.1, 0.15) is 64.1 Å². The number of carbonyl (C=O) groups is 1. The molecule has 5 heterocycles. The van der Waals surface area contributed by atoms with Crippen LogP contribution in [0.5, 0.6) is 51.7 Å². The van der Waals surface area contributed by atoms with Crippen LogP contribution in [-0.4, -0.2) is 168 Å². The highest BCUT2D eigenvalue weighted by Crippen LogP contribution is 2.44. The van der Waals surface area contributed by atoms with Gasteiger partial charge in [-0.25, -0.2) is 0 Å². The predicted molar refractivity (Wildman–Crippen MR) is 628 cm³/mol. The van der Waals surface area contributed by atoms with Crippen molar-refractivity contribution in [2.24, 2.45) is 0 Å². The van der Waals surface area contributed by atoms with Crippen molar-refractivity contribution in [3.63, 3.8) is 0 Å². The fourth-order valence-electron chi connectivity index (χ4n) is 20.2. The van der Waals surface area contributed by atoms with Gasteiger partial charge in [-0.1, -0.05) is 229 Å². The summed E-state index contributed by atoms with van der Waals surface area (Å²) < 4.78 is 51.0. The van der Waals surface area contributed by atoms with Gasteiger partial charge in [0.05, 0.1) is 80.7 Å². The van der Waals surface area contributed by atoms with Gasteiger partial charge in [0, 0.05) is 122 Å². The van der Waals surface area contributed by atoms with E-state index in [-0.39, 0.29) is 56.3 Å². The lowest BCUT2D eigenvalue weighted by atomic mass is 9.83. The summed E-state index contributed by atoms with van der Waals surface area (Å²) in [5.41, 5.74) is 22.3. The first kappa shape index (κ1) is 129. The standard InChI is InChI=1S/C26H34N2O.C19H31NO2.C18H29NO3.C18H29N.C17H29NO3.C16H26N2.C16H27NO2/c1-6-23-11-8-12-28(23)17-24-19(2)13-22(26(3,4)5)15-25(24)29-18-21-10-7-9-20(14-21)16-27;1-7-15-9-8-10-20(15)13-16-17(21-5)11-14(19(2,3)4)12-18(16)22-6;1-13(20)8-7-9-19-12-15-16(21-5)10-14(18(2,3)4)11-17(15)22-6;1-6-16-8-7-11-19(16)13-15-9-10-17(14(2)12-15)18(3,4)5;1-7-13(11-19)18-10-14-15(20-5)8-12(17(2,3)4)9-16(14)21-6;1-5-14-7-6-10-18(14)12-13-8-9-15(17-11-13)16(2,3)4;1-7-8-17-11-13-14(18-5)9-12(16(2,3)4)10-15(13)19-6/h7,9-10,13-15,23H,6,8,11-12,17-18H2,1-5H3;11-12,15H,7-10,13H2,1-6H3;10-11,19H,7-9,12H2,1-6H3;9-10,12,16H,6-8,11,13H2,1-5H3;8-9,13,18-19H,7,10-11H2,1-6H3;8-9,11,14H,5-7,10,12H2,1-4H3;9-10,17H,7-8,11H2,1-6H3/t23-;15-;;16-;;14-;/m11.1.1./s1. The molecule has 1 aromatic heterocycles. The molecule has 0 aliphatic carbocycles. The Kier molecular flexibility index (Phi) is 53.2. The number of ether oxygens (including phenoxy) is 9. The van der Waals surface area contributed by atoms with Crippen molar-refractivity contribution >= 4 is 5.78 Å². The molecule has 5 atom stereocenters. The number of carbonyl (C=O) groups excluding carboxylic acids is 1. The molecular formula is C130H205N9O11. The first-order chi connectivity index (χ1) is 70.7. The molecule has 150 heavy (non-hydrogen) atoms. The molecule has 836 valence electrons. The van der Waals surface area contributed by atoms with E-state index in [1.165, 1.54) is 176 Å². The number of ketones is 1. The molecule has 0 saturated carbocycles. The molecule has 4 N–H and O–H groups in total. The zero-order valence-electron chi connectivity index (χ0n) is 101. The summed E-state index contributed by atoms with van der Waals surface area (Å²) in [6.45, 7) is 79.3. The molecular weight excluding hydrogens is 1860 g/mol. The van der Waals surface area contributed by atoms with Crippen LogP contribution >= 0.6 is 0 Å². The maximum Gasteiger partial charge on any atom is 0.129 e. The largest absolute Gasteiger partial charge is 0.496 e. The number of nitrogens with one attached hydrogen (secondary N) is 3. The SMILES string of the molecule is CCC(CO)NCc1c(OC)cc(C(C)(C)C)cc1OC.CCCNCc1c(OC)cc(C(C)(C)C)cc1OC.CC[C@@H]1CCCN1Cc1c(C)cc(C(C)(C)C)cc1OCc1cccc(C#N)c1.CC[C@@H]1CCCN1Cc1c(OC)cc(C(C)(C)C)cc1OC.CC[C@@H]1CCCN1Cc1ccc(C(C)(C)C)c(C)c1.CC[C@@H]1CCCN1Cc1ccc(C(C)(C)C)nc1.COc1cc(C(C)(C)C)cc(OC)c1CNCCCC(C)=O. The van der Waals surface area contributed by atoms with E-state index in [4.69, 9.17) is 47.9 Å². The van der Waals surface area contributed by atoms with Crippen LogP contribution in [0.4, 0.5) is 0 Å². The van der Waals surface area contributed by atoms with Crippen molar-refractivity contribution in [1.82, 2.24) is 40.5 Å². The van der Waals surface area contributed by atoms with Crippen LogP contribution in [0.3, 0.4) is 0 Å². The van der Waals surface area contributed by atoms with Gasteiger partial charge in [-0.3, -0.25) is 24.6 Å². The summed E-state index contributed by atoms with van der Waals surface area (Å²) in [6.07, 6.45) is 21.2. The third-order valence-electron chi connectivity index (χ3n) is 29.9. The van der Waals surface area contributed by atoms with Gasteiger partial charge >= 0.3 is 0 Å². The summed E-state index contributed by atoms with van der Waals surface area (Å²) in [4.78, 5) is 26.0. The van der Waals surface area contributed by atoms with Gasteiger partial charge in [0.2, 0.25) is 0 Å². The predicted octanol–water partition coefficient (Wildman–Crippen LogP) is 28.7. The fraction of sp³-hybridized carbons (Fsp3) is 0.623. The average Bonchev–Trinajstić information content (AvgIpc) is 1.66. The summed E-state index contributed by atoms with van der Waals surface area (Å²) in [5, 5.41) is 28.5. The Morgan fingerprint density at radius 1 is 0.407 bits per heavy atom. The second kappa shape index (κ2) is 61.7. The molecule has 4 aliphatic heterocycles. The zero-order valence-corrected chi connectivity index (χ0v) is 101. The van der Waals surface area contributed by atoms with Crippen LogP contribution in [0.25, 0.3) is 0 Å². The Morgan fingerprint density at radius 3 is 1.10 bits per heavy atom. The maximum atomic E-state index is 10.9. The van der Waals surface area contributed by atoms with Crippen molar-refractivity contribution in [2.75, 3.05) is 103 Å². The Hall–Kier alpha value is -9.27. The lowest BCUT2D eigenvalue weighted by molar-refractivity contribution is -0.117. The van der Waals surface area contributed by atoms with Crippen LogP contribution in [0.2, 0.25) is 0 Å². The maximum absolute atomic E-state index is 10.9. The number of aliphatic hydroxyl groups is 1. The van der Waals surface area contributed by atoms with E-state index in [2.05, 4.69) is 338 Å². The van der Waals surface area contributed by atoms with Crippen molar-refractivity contribution in [3.8, 4) is 57.8 Å². The highest BCUT2D eigenvalue weighted by Gasteiger charge is 2.33. The van der Waals surface area contributed by atoms with E-state index in [0.29, 0.717) is 43.8 Å². The number of rotatable bonds is 38. The monoisotopic (exact) mass is 2070 g/mol. The van der Waals surface area contributed by atoms with E-state index in [1.54, 1.807) is 63.8 Å². The van der Waals surface area contributed by atoms with Crippen LogP contribution in [-0.2, 0) is 95.1 Å². The van der Waals surface area contributed by atoms with Crippen molar-refractivity contribution < 1.29 is 52.5 Å². The third-order valence-corrected chi connectivity index (χ3v) is 29.9. The summed E-state index contributed by atoms with van der Waals surface area (Å²) >= 11 is 0. The van der Waals surface area contributed by atoms with Gasteiger partial charge in [-0.05, 0) is 323 Å². The van der Waals surface area contributed by atoms with Crippen LogP contribution in [0.15, 0.2) is 121 Å². The molecule has 0 amide bonds. The summed E-state index contributed by atoms with van der Waals surface area (Å²) in [5.74, 6) is 8.22. The van der Waals surface area contributed by atoms with Crippen LogP contribution in [0.1, 0.15) is 397 Å². The molecule has 8 aromatic rings. The lowest BCUT2D eigenvalue weighted by Crippen LogP contribution is -2.31. The number of methoxy groups -OCH3 is 8. The Labute approximate surface area is 911 Å². The van der Waals surface area contributed by atoms with Crippen LogP contribution in [0, 0.1) is 25.2 Å². The van der Waals surface area contributed by atoms with Gasteiger partial charge in [-0.2, -0.15) is 5.26 Å². The highest BCUT2D eigenvalue weighted by molar-refractivity contribution is 5.75. The highest BCUT2D eigenvalue weighted by atomic mass is 16.5. The number of pyridine rings is 1. The first-order valence-electron chi connectivity index (χ1n) is 56.3. The summed E-state index contributed by atoms with van der Waals surface area (Å²) in [7, 11) is 13.6. The number of likely N-dealkylation sites (tertiary alicyclic amines) is 4. The molecule has 4 saturated heterocycles. The number of Topliss-reactive ketones (excluding diaryl/α,β-unsaturated/α-hetero) is 1. The van der Waals surface area contributed by atoms with Crippen molar-refractivity contribution in [2.45, 2.75) is 431 Å². The van der Waals surface area contributed by atoms with Crippen molar-refractivity contribution in [3.05, 3.63) is 222 Å². The van der Waals surface area contributed by atoms with Crippen LogP contribution < -0.4 is 58.6 Å². The van der Waals surface area contributed by atoms with Gasteiger partial charge in [0.15, 0.2) is 0 Å². The number of nitriles is 1. The molecule has 0 bridgehead atoms. The second-order valence-electron chi connectivity index (χ2n) is 48.8. The number of hydrogen-bond acceptors (Lipinski definition) is 20. The van der Waals surface area contributed by atoms with Gasteiger partial charge in [0.25, 0.3) is 0 Å². The third kappa shape index (κ3) is 40.6. The summed E-state index contributed by atoms with van der Waals surface area (Å²) in [6, 6.07) is 45.9. The molecule has 4 aliphatic rings. The van der Waals surface area contributed by atoms with E-state index < -0.39 is 0 Å². The Balaban J connectivity index is 0.000000268. The minimum Gasteiger partial charge on any atom is -0.496 e. The van der Waals surface area contributed by atoms with Gasteiger partial charge < -0.3 is 68.5 Å². The molecule has 1 unspecified atom stereocenters. The lowest BCUT2D eigenvalue weighted by Gasteiger charge is -2.28. The molecule has 7 aromatic carbocycles. The average molecular weight is 2070 g/mol. The Morgan fingerprint density at radius 2 is 0.767 bits per heavy atom. The van der Waals surface area contributed by atoms with E-state index >= 15 is 0 Å². The molecule has 20 heteroatoms. The molecule has 4 fully saturated rings. The van der Waals surface area contributed by atoms with E-state index in [1.807, 2.05) is 31.2 Å². The fourth-order valence-corrected chi connectivity index (χ4v) is 20.2. The number of nitrogens with zero attached hydrogens (tertiary/aromatic N) is 6. The number of aliphatic hydroxyl groups excluding tert-OH is 1. The Bertz CT molecular complexity index is 5300. The molecule has 20 nitrogen and oxygen atoms in total. The zero-order chi connectivity index (χ0) is 112. The molecule has 0 spiro atoms. The molecule has 12 rings (SSSR count). The quantitative estimate of drug-likeness (QED) is 0.0266. The first-order valence-corrected chi connectivity index (χ1v) is 56.3. The number of hydrogen-bond donors (Lipinski definition) is 4. The van der Waals surface area contributed by atoms with Crippen molar-refractivity contribution in [1.29, 1.82) is 5.26 Å². The number of aromatic nitrogens is 1. The number of benzene rings is 7. The topological polar surface area (TPSA) is 206 Å². The van der Waals surface area contributed by atoms with E-state index in [9.17, 15) is 9.90 Å². The second-order valence-corrected chi connectivity index (χ2v) is 48.8. The number of aryl methyl sites for hydroxylation is 2. The minimum absolute atomic E-state index is 0.0313. The normalized spacial score (nSPS) is 16.4. The van der Waals surface area contributed by atoms with Gasteiger partial charge in [-0.15, -0.1) is 0 Å². The molecule has 0 radical (unpaired) electrons. The smallest absolute Gasteiger partial charge is 0.129 e. The minimum atomic E-state index is 0.0313.